The Bertz CT molecular complexity index is 5450. The standard InChI is InChI=1S/C54H70N4O13.C46H61N5O11.2C2HF3O2/c1-9-16-47(63)56-44-31-40(23-25-46(44)70-52-50(68-37(5)61)49(67-36(4)60)48(66-35(3)59)45(10-2)69-52)34-57-28-15-18-39(33-57)22-24-43(62)21-13-11-12-17-38-26-29-58(30-27-38)51(64)41-19-14-20-42(32-41)55-53(65)71-54(6,7)8;1-46(2,3)62-45(59)48-34-12-7-11-33(26-34)43(58)51-23-19-30(20-24-51)9-5-4-6-13-35(53)16-14-31-10-8-22-50(27-31)28-32-15-17-37(36(25-32)49-39(54)18-21-47)60-44-42(57)41(56)40(55)38(29-52)61-44;2*3-2(4,5)1(6)7/h14-15,18-20,22-25,28,31-33,38,45,48-50,52H,9-13,16-17,21,26-27,29-30,34H2,1-8H3,(H-,55,56,63,65);7-8,10-12,14-17,22,25-27,30,38,40-42,44,52,55-57H,4-6,9,13,18-21,23-24,28-29,47H2,1-3H3,(H-,48,49,54,59);2*(H,6,7)/b24-22+;16-14+;;/t45-,48-,49+,50+,52-;38-,40-,41+,42+,44+;;/m11../s1. The van der Waals surface area contributed by atoms with Crippen LogP contribution in [0.5, 0.6) is 11.5 Å². The number of alkyl halides is 6. The van der Waals surface area contributed by atoms with Gasteiger partial charge in [-0.3, -0.25) is 53.8 Å². The summed E-state index contributed by atoms with van der Waals surface area (Å²) >= 11 is 0. The number of aliphatic hydroxyl groups excluding tert-OH is 4. The lowest BCUT2D eigenvalue weighted by molar-refractivity contribution is -0.688. The van der Waals surface area contributed by atoms with Crippen LogP contribution >= 0.6 is 0 Å². The quantitative estimate of drug-likeness (QED) is 0.00432. The van der Waals surface area contributed by atoms with Crippen LogP contribution in [0.3, 0.4) is 0 Å². The number of hydrogen-bond acceptors (Lipinski definition) is 29. The first-order chi connectivity index (χ1) is 69.3. The number of amides is 6. The van der Waals surface area contributed by atoms with Crippen LogP contribution in [0, 0.1) is 11.8 Å². The van der Waals surface area contributed by atoms with Gasteiger partial charge < -0.3 is 109 Å². The molecular weight excluding hydrogens is 1940 g/mol. The molecule has 0 spiro atoms. The number of rotatable bonds is 39. The molecule has 2 aromatic heterocycles. The van der Waals surface area contributed by atoms with E-state index < -0.39 is 134 Å². The third-order valence-corrected chi connectivity index (χ3v) is 23.0. The molecule has 10 N–H and O–H groups in total. The second kappa shape index (κ2) is 58.3. The zero-order chi connectivity index (χ0) is 109. The molecule has 4 fully saturated rings. The van der Waals surface area contributed by atoms with Gasteiger partial charge in [-0.1, -0.05) is 64.5 Å². The molecule has 0 aliphatic carbocycles. The molecule has 4 aromatic carbocycles. The molecule has 4 aliphatic heterocycles. The zero-order valence-corrected chi connectivity index (χ0v) is 84.0. The average molecular weight is 2070 g/mol. The molecule has 147 heavy (non-hydrogen) atoms. The molecular formula is C104H133F6N9O28. The number of anilines is 4. The molecule has 37 nitrogen and oxygen atoms in total. The van der Waals surface area contributed by atoms with Crippen LogP contribution in [0.25, 0.3) is 12.2 Å². The average Bonchev–Trinajstić information content (AvgIpc) is 0.790. The topological polar surface area (TPSA) is 520 Å². The van der Waals surface area contributed by atoms with Crippen molar-refractivity contribution < 1.29 is 171 Å². The maximum atomic E-state index is 13.3. The predicted molar refractivity (Wildman–Crippen MR) is 517 cm³/mol. The molecule has 0 bridgehead atoms. The first kappa shape index (κ1) is 121. The van der Waals surface area contributed by atoms with Gasteiger partial charge in [0.05, 0.1) is 18.0 Å². The Morgan fingerprint density at radius 2 is 0.884 bits per heavy atom. The van der Waals surface area contributed by atoms with Crippen LogP contribution in [-0.2, 0) is 89.4 Å². The maximum absolute atomic E-state index is 13.3. The number of aromatic nitrogens is 2. The molecule has 4 saturated heterocycles. The Balaban J connectivity index is 0.000000354. The number of hydrogen-bond donors (Lipinski definition) is 9. The number of esters is 3. The van der Waals surface area contributed by atoms with Gasteiger partial charge in [0, 0.05) is 136 Å². The summed E-state index contributed by atoms with van der Waals surface area (Å²) in [6, 6.07) is 31.7. The van der Waals surface area contributed by atoms with E-state index >= 15 is 0 Å². The minimum atomic E-state index is -5.19. The summed E-state index contributed by atoms with van der Waals surface area (Å²) in [4.78, 5) is 160. The predicted octanol–water partition coefficient (Wildman–Crippen LogP) is 11.0. The van der Waals surface area contributed by atoms with E-state index in [1.165, 1.54) is 20.8 Å². The maximum Gasteiger partial charge on any atom is 0.430 e. The third-order valence-electron chi connectivity index (χ3n) is 23.0. The third kappa shape index (κ3) is 42.6. The number of nitrogens with one attached hydrogen (secondary N) is 4. The van der Waals surface area contributed by atoms with Crippen molar-refractivity contribution in [3.05, 3.63) is 180 Å². The Morgan fingerprint density at radius 3 is 1.27 bits per heavy atom. The lowest BCUT2D eigenvalue weighted by Gasteiger charge is -2.44. The molecule has 0 unspecified atom stereocenters. The number of ether oxygens (including phenoxy) is 9. The van der Waals surface area contributed by atoms with Gasteiger partial charge in [-0.25, -0.2) is 18.7 Å². The van der Waals surface area contributed by atoms with Crippen molar-refractivity contribution in [2.75, 3.05) is 60.6 Å². The zero-order valence-electron chi connectivity index (χ0n) is 84.0. The van der Waals surface area contributed by atoms with Crippen molar-refractivity contribution in [1.29, 1.82) is 0 Å². The van der Waals surface area contributed by atoms with E-state index in [1.54, 1.807) is 152 Å². The molecule has 6 aromatic rings. The van der Waals surface area contributed by atoms with E-state index in [0.717, 1.165) is 99.3 Å². The van der Waals surface area contributed by atoms with Crippen LogP contribution in [-0.4, -0.2) is 232 Å². The highest BCUT2D eigenvalue weighted by molar-refractivity contribution is 5.98. The van der Waals surface area contributed by atoms with Crippen LogP contribution in [0.15, 0.2) is 146 Å². The van der Waals surface area contributed by atoms with Crippen molar-refractivity contribution in [3.8, 4) is 11.5 Å². The van der Waals surface area contributed by atoms with Gasteiger partial charge >= 0.3 is 42.4 Å². The van der Waals surface area contributed by atoms with Gasteiger partial charge in [-0.2, -0.15) is 26.3 Å². The number of carboxylic acids is 2. The minimum Gasteiger partial charge on any atom is -0.542 e. The lowest BCUT2D eigenvalue weighted by Crippen LogP contribution is -2.62. The van der Waals surface area contributed by atoms with Crippen LogP contribution in [0.1, 0.15) is 235 Å². The number of halogens is 6. The number of aliphatic hydroxyl groups is 4. The van der Waals surface area contributed by atoms with Crippen molar-refractivity contribution in [2.24, 2.45) is 17.6 Å². The molecule has 0 radical (unpaired) electrons. The smallest absolute Gasteiger partial charge is 0.430 e. The molecule has 6 heterocycles. The van der Waals surface area contributed by atoms with Gasteiger partial charge in [-0.15, -0.1) is 0 Å². The minimum absolute atomic E-state index is 0.0462. The summed E-state index contributed by atoms with van der Waals surface area (Å²) in [5.41, 5.74) is 10.2. The molecule has 43 heteroatoms. The number of carboxylic acid groups (broad SMARTS) is 2. The monoisotopic (exact) mass is 2070 g/mol. The van der Waals surface area contributed by atoms with Crippen LogP contribution < -0.4 is 55.8 Å². The second-order valence-electron chi connectivity index (χ2n) is 37.5. The highest BCUT2D eigenvalue weighted by Crippen LogP contribution is 2.38. The van der Waals surface area contributed by atoms with E-state index in [9.17, 15) is 99.5 Å². The number of nitrogens with zero attached hydrogens (tertiary/aromatic N) is 4. The highest BCUT2D eigenvalue weighted by Gasteiger charge is 2.53. The molecule has 10 atom stereocenters. The molecule has 10 rings (SSSR count). The SMILES string of the molecule is CC(C)(C)OC(=O)Nc1cccc(C(=O)N2CCC(CCCCCC(=O)/C=C/c3ccc[n+](Cc4ccc(O[C@H]5O[C@H](CO)[C@@H](O)[C@H](O)[C@@H]5O)c(NC(=O)CCN)c4)c3)CC2)c1.CCCC(=O)Nc1cc(C[n+]2cccc(/C=C/C(=O)CCCCCC3CCN(C(=O)c4cccc(NC(=O)OC(C)(C)C)c4)CC3)c2)ccc1O[C@H]1O[C@H](CC)[C@@H](OC(C)=O)[C@H](OC(C)=O)[C@@H]1OC(C)=O.O=C([O-])C(F)(F)F.O=C([O-])C(F)(F)F. The number of likely N-dealkylation sites (tertiary alicyclic amines) is 2. The summed E-state index contributed by atoms with van der Waals surface area (Å²) in [6.07, 6.45) is 3.11. The lowest BCUT2D eigenvalue weighted by atomic mass is 9.90. The van der Waals surface area contributed by atoms with Gasteiger partial charge in [0.15, 0.2) is 61.7 Å². The van der Waals surface area contributed by atoms with E-state index in [-0.39, 0.29) is 71.8 Å². The summed E-state index contributed by atoms with van der Waals surface area (Å²) < 4.78 is 118. The van der Waals surface area contributed by atoms with E-state index in [4.69, 9.17) is 68.2 Å². The first-order valence-corrected chi connectivity index (χ1v) is 48.4. The number of aliphatic carboxylic acids is 2. The fraction of sp³-hybridized carbons (Fsp3) is 0.510. The number of pyridine rings is 2. The van der Waals surface area contributed by atoms with Gasteiger partial charge in [-0.05, 0) is 214 Å². The Morgan fingerprint density at radius 1 is 0.483 bits per heavy atom. The fourth-order valence-electron chi connectivity index (χ4n) is 16.0. The molecule has 804 valence electrons. The van der Waals surface area contributed by atoms with Crippen LogP contribution in [0.2, 0.25) is 0 Å². The van der Waals surface area contributed by atoms with Crippen molar-refractivity contribution in [2.45, 2.75) is 290 Å². The van der Waals surface area contributed by atoms with Gasteiger partial charge in [0.2, 0.25) is 30.5 Å². The van der Waals surface area contributed by atoms with E-state index in [1.807, 2.05) is 81.0 Å². The van der Waals surface area contributed by atoms with Crippen LogP contribution in [0.4, 0.5) is 58.7 Å². The fourth-order valence-corrected chi connectivity index (χ4v) is 16.0. The van der Waals surface area contributed by atoms with E-state index in [0.29, 0.717) is 105 Å². The Hall–Kier alpha value is -13.3. The van der Waals surface area contributed by atoms with Gasteiger partial charge in [0.25, 0.3) is 11.8 Å². The summed E-state index contributed by atoms with van der Waals surface area (Å²) in [6.45, 7) is 21.0. The highest BCUT2D eigenvalue weighted by atomic mass is 19.4. The van der Waals surface area contributed by atoms with Crippen molar-refractivity contribution in [3.63, 3.8) is 0 Å². The summed E-state index contributed by atoms with van der Waals surface area (Å²) in [5.74, 6) is -7.30. The summed E-state index contributed by atoms with van der Waals surface area (Å²) in [7, 11) is 0. The number of unbranched alkanes of at least 4 members (excludes halogenated alkanes) is 4. The normalized spacial score (nSPS) is 19.2. The summed E-state index contributed by atoms with van der Waals surface area (Å²) in [5, 5.41) is 69.1. The molecule has 6 amide bonds. The number of nitrogens with two attached hydrogens (primary N) is 1. The largest absolute Gasteiger partial charge is 0.542 e. The number of ketones is 2. The van der Waals surface area contributed by atoms with Gasteiger partial charge in [0.1, 0.15) is 65.2 Å². The number of benzene rings is 4. The Labute approximate surface area is 848 Å². The number of carbonyl (C=O) groups excluding carboxylic acids is 13. The number of piperidine rings is 2. The first-order valence-electron chi connectivity index (χ1n) is 48.4. The number of carbonyl (C=O) groups is 13. The molecule has 0 saturated carbocycles. The van der Waals surface area contributed by atoms with Crippen molar-refractivity contribution >= 4 is 112 Å². The Kier molecular flexibility index (Phi) is 47.8. The number of allylic oxidation sites excluding steroid dienone is 2. The molecule has 4 aliphatic rings. The van der Waals surface area contributed by atoms with Crippen molar-refractivity contribution in [1.82, 2.24) is 9.80 Å². The van der Waals surface area contributed by atoms with E-state index in [2.05, 4.69) is 21.3 Å². The second-order valence-corrected chi connectivity index (χ2v) is 37.5.